The molecule has 0 fully saturated rings. The molecule has 0 saturated carbocycles. The fourth-order valence-corrected chi connectivity index (χ4v) is 2.80. The summed E-state index contributed by atoms with van der Waals surface area (Å²) in [7, 11) is 0. The minimum Gasteiger partial charge on any atom is -0.368 e. The Morgan fingerprint density at radius 1 is 1.09 bits per heavy atom. The van der Waals surface area contributed by atoms with E-state index >= 15 is 0 Å². The molecule has 0 saturated heterocycles. The smallest absolute Gasteiger partial charge is 0.141 e. The van der Waals surface area contributed by atoms with Crippen molar-refractivity contribution in [3.8, 4) is 0 Å². The third-order valence-electron chi connectivity index (χ3n) is 3.59. The van der Waals surface area contributed by atoms with Crippen molar-refractivity contribution in [2.45, 2.75) is 12.8 Å². The zero-order valence-corrected chi connectivity index (χ0v) is 13.8. The predicted molar refractivity (Wildman–Crippen MR) is 92.4 cm³/mol. The molecule has 1 aliphatic heterocycles. The number of Topliss-reactive ketones (excluding diaryl/α,β-unsaturated/α-hetero) is 1. The lowest BCUT2D eigenvalue weighted by atomic mass is 10.0. The van der Waals surface area contributed by atoms with E-state index in [-0.39, 0.29) is 5.78 Å². The van der Waals surface area contributed by atoms with Gasteiger partial charge in [-0.25, -0.2) is 0 Å². The molecular formula is C18H17BrN2O. The molecule has 0 atom stereocenters. The van der Waals surface area contributed by atoms with Gasteiger partial charge in [0.05, 0.1) is 6.54 Å². The Kier molecular flexibility index (Phi) is 4.68. The first-order valence-corrected chi connectivity index (χ1v) is 8.14. The van der Waals surface area contributed by atoms with Crippen LogP contribution in [0.2, 0.25) is 0 Å². The van der Waals surface area contributed by atoms with E-state index in [0.29, 0.717) is 12.8 Å². The normalized spacial score (nSPS) is 13.6. The number of rotatable bonds is 5. The second-order valence-electron chi connectivity index (χ2n) is 5.38. The first-order valence-electron chi connectivity index (χ1n) is 7.34. The lowest BCUT2D eigenvalue weighted by Crippen LogP contribution is -2.19. The molecule has 1 N–H and O–H groups in total. The number of carbonyl (C=O) groups excluding carboxylic acids is 1. The fraction of sp³-hybridized carbons (Fsp3) is 0.222. The van der Waals surface area contributed by atoms with Gasteiger partial charge in [0.1, 0.15) is 11.6 Å². The summed E-state index contributed by atoms with van der Waals surface area (Å²) in [6.07, 6.45) is 0.924. The maximum absolute atomic E-state index is 12.2. The maximum atomic E-state index is 12.2. The molecule has 0 spiro atoms. The summed E-state index contributed by atoms with van der Waals surface area (Å²) in [4.78, 5) is 16.7. The molecule has 0 unspecified atom stereocenters. The third-order valence-corrected chi connectivity index (χ3v) is 4.12. The van der Waals surface area contributed by atoms with Crippen LogP contribution in [0.4, 0.5) is 0 Å². The number of amidine groups is 1. The molecular weight excluding hydrogens is 340 g/mol. The van der Waals surface area contributed by atoms with Crippen molar-refractivity contribution in [2.24, 2.45) is 4.99 Å². The van der Waals surface area contributed by atoms with Crippen LogP contribution in [-0.2, 0) is 17.6 Å². The highest BCUT2D eigenvalue weighted by Gasteiger charge is 2.10. The lowest BCUT2D eigenvalue weighted by Gasteiger charge is -2.06. The van der Waals surface area contributed by atoms with Gasteiger partial charge in [-0.2, -0.15) is 0 Å². The summed E-state index contributed by atoms with van der Waals surface area (Å²) in [6, 6.07) is 16.0. The molecule has 0 bridgehead atoms. The average molecular weight is 357 g/mol. The fourth-order valence-electron chi connectivity index (χ4n) is 2.54. The zero-order valence-electron chi connectivity index (χ0n) is 12.2. The van der Waals surface area contributed by atoms with Crippen molar-refractivity contribution in [1.82, 2.24) is 5.32 Å². The van der Waals surface area contributed by atoms with E-state index < -0.39 is 0 Å². The zero-order chi connectivity index (χ0) is 15.4. The first-order chi connectivity index (χ1) is 10.7. The van der Waals surface area contributed by atoms with Gasteiger partial charge in [-0.1, -0.05) is 46.3 Å². The SMILES string of the molecule is O=C(Cc1ccc(Br)cc1)Cc1cccc(C2=NCCN2)c1. The molecule has 0 amide bonds. The second-order valence-corrected chi connectivity index (χ2v) is 6.29. The van der Waals surface area contributed by atoms with Gasteiger partial charge in [-0.15, -0.1) is 0 Å². The Hall–Kier alpha value is -1.94. The molecule has 0 aromatic heterocycles. The van der Waals surface area contributed by atoms with Gasteiger partial charge in [-0.3, -0.25) is 9.79 Å². The molecule has 4 heteroatoms. The number of ketones is 1. The molecule has 0 aliphatic carbocycles. The Bertz CT molecular complexity index is 707. The van der Waals surface area contributed by atoms with Gasteiger partial charge < -0.3 is 5.32 Å². The lowest BCUT2D eigenvalue weighted by molar-refractivity contribution is -0.117. The Morgan fingerprint density at radius 2 is 1.86 bits per heavy atom. The van der Waals surface area contributed by atoms with Crippen molar-refractivity contribution < 1.29 is 4.79 Å². The standard InChI is InChI=1S/C18H17BrN2O/c19-16-6-4-13(5-7-16)11-17(22)12-14-2-1-3-15(10-14)18-20-8-9-21-18/h1-7,10H,8-9,11-12H2,(H,20,21). The number of aliphatic imine (C=N–C) groups is 1. The highest BCUT2D eigenvalue weighted by molar-refractivity contribution is 9.10. The van der Waals surface area contributed by atoms with Crippen molar-refractivity contribution >= 4 is 27.5 Å². The summed E-state index contributed by atoms with van der Waals surface area (Å²) in [5.74, 6) is 1.16. The van der Waals surface area contributed by atoms with Crippen LogP contribution in [-0.4, -0.2) is 24.7 Å². The maximum Gasteiger partial charge on any atom is 0.141 e. The van der Waals surface area contributed by atoms with E-state index in [1.54, 1.807) is 0 Å². The molecule has 3 nitrogen and oxygen atoms in total. The summed E-state index contributed by atoms with van der Waals surface area (Å²) >= 11 is 3.40. The number of halogens is 1. The van der Waals surface area contributed by atoms with Crippen molar-refractivity contribution in [1.29, 1.82) is 0 Å². The van der Waals surface area contributed by atoms with Crippen molar-refractivity contribution in [3.05, 3.63) is 69.7 Å². The van der Waals surface area contributed by atoms with E-state index in [9.17, 15) is 4.79 Å². The van der Waals surface area contributed by atoms with Crippen LogP contribution in [0.3, 0.4) is 0 Å². The van der Waals surface area contributed by atoms with E-state index in [4.69, 9.17) is 0 Å². The molecule has 3 rings (SSSR count). The van der Waals surface area contributed by atoms with Crippen LogP contribution >= 0.6 is 15.9 Å². The molecule has 1 heterocycles. The van der Waals surface area contributed by atoms with Gasteiger partial charge >= 0.3 is 0 Å². The number of nitrogens with one attached hydrogen (secondary N) is 1. The Morgan fingerprint density at radius 3 is 2.59 bits per heavy atom. The van der Waals surface area contributed by atoms with Gasteiger partial charge in [-0.05, 0) is 29.3 Å². The Labute approximate surface area is 138 Å². The van der Waals surface area contributed by atoms with Crippen LogP contribution in [0.15, 0.2) is 58.0 Å². The quantitative estimate of drug-likeness (QED) is 0.893. The monoisotopic (exact) mass is 356 g/mol. The Balaban J connectivity index is 1.66. The van der Waals surface area contributed by atoms with Gasteiger partial charge in [0, 0.05) is 29.4 Å². The highest BCUT2D eigenvalue weighted by atomic mass is 79.9. The van der Waals surface area contributed by atoms with Crippen molar-refractivity contribution in [3.63, 3.8) is 0 Å². The van der Waals surface area contributed by atoms with Crippen LogP contribution < -0.4 is 5.32 Å². The summed E-state index contributed by atoms with van der Waals surface area (Å²) in [5.41, 5.74) is 3.15. The number of benzene rings is 2. The minimum atomic E-state index is 0.223. The average Bonchev–Trinajstić information content (AvgIpc) is 3.04. The molecule has 2 aromatic rings. The van der Waals surface area contributed by atoms with Crippen molar-refractivity contribution in [2.75, 3.05) is 13.1 Å². The number of hydrogen-bond donors (Lipinski definition) is 1. The molecule has 112 valence electrons. The number of nitrogens with zero attached hydrogens (tertiary/aromatic N) is 1. The molecule has 2 aromatic carbocycles. The number of carbonyl (C=O) groups is 1. The highest BCUT2D eigenvalue weighted by Crippen LogP contribution is 2.13. The largest absolute Gasteiger partial charge is 0.368 e. The van der Waals surface area contributed by atoms with Gasteiger partial charge in [0.2, 0.25) is 0 Å². The van der Waals surface area contributed by atoms with Crippen LogP contribution in [0.5, 0.6) is 0 Å². The van der Waals surface area contributed by atoms with E-state index in [2.05, 4.69) is 32.3 Å². The van der Waals surface area contributed by atoms with Crippen LogP contribution in [0, 0.1) is 0 Å². The summed E-state index contributed by atoms with van der Waals surface area (Å²) in [5, 5.41) is 3.26. The topological polar surface area (TPSA) is 41.5 Å². The summed E-state index contributed by atoms with van der Waals surface area (Å²) < 4.78 is 1.03. The van der Waals surface area contributed by atoms with Gasteiger partial charge in [0.15, 0.2) is 0 Å². The van der Waals surface area contributed by atoms with E-state index in [1.165, 1.54) is 0 Å². The summed E-state index contributed by atoms with van der Waals surface area (Å²) in [6.45, 7) is 1.71. The first kappa shape index (κ1) is 15.0. The van der Waals surface area contributed by atoms with E-state index in [0.717, 1.165) is 40.1 Å². The third kappa shape index (κ3) is 3.83. The molecule has 1 aliphatic rings. The minimum absolute atomic E-state index is 0.223. The molecule has 0 radical (unpaired) electrons. The van der Waals surface area contributed by atoms with Crippen LogP contribution in [0.25, 0.3) is 0 Å². The number of hydrogen-bond acceptors (Lipinski definition) is 3. The van der Waals surface area contributed by atoms with E-state index in [1.807, 2.05) is 42.5 Å². The molecule has 22 heavy (non-hydrogen) atoms. The predicted octanol–water partition coefficient (Wildman–Crippen LogP) is 3.15. The van der Waals surface area contributed by atoms with Gasteiger partial charge in [0.25, 0.3) is 0 Å². The second kappa shape index (κ2) is 6.88. The van der Waals surface area contributed by atoms with Crippen LogP contribution in [0.1, 0.15) is 16.7 Å².